The van der Waals surface area contributed by atoms with E-state index < -0.39 is 18.4 Å². The van der Waals surface area contributed by atoms with Crippen molar-refractivity contribution in [2.75, 3.05) is 13.1 Å². The molecule has 1 aliphatic rings. The lowest BCUT2D eigenvalue weighted by Crippen LogP contribution is -2.41. The minimum absolute atomic E-state index is 0.276. The van der Waals surface area contributed by atoms with Gasteiger partial charge in [0.2, 0.25) is 5.91 Å². The van der Waals surface area contributed by atoms with Crippen LogP contribution >= 0.6 is 24.0 Å². The Balaban J connectivity index is 2.04. The van der Waals surface area contributed by atoms with Gasteiger partial charge in [-0.15, -0.1) is 0 Å². The number of hydrogen-bond acceptors (Lipinski definition) is 5. The Morgan fingerprint density at radius 1 is 1.32 bits per heavy atom. The van der Waals surface area contributed by atoms with Crippen LogP contribution in [0, 0.1) is 0 Å². The first-order valence-corrected chi connectivity index (χ1v) is 7.49. The number of nitrogens with one attached hydrogen (secondary N) is 1. The topological polar surface area (TPSA) is 86.7 Å². The minimum Gasteiger partial charge on any atom is -0.480 e. The van der Waals surface area contributed by atoms with Crippen LogP contribution in [0.5, 0.6) is 0 Å². The van der Waals surface area contributed by atoms with Crippen LogP contribution in [-0.2, 0) is 14.4 Å². The van der Waals surface area contributed by atoms with Crippen LogP contribution < -0.4 is 5.32 Å². The van der Waals surface area contributed by atoms with Crippen LogP contribution in [0.4, 0.5) is 0 Å². The number of thiocarbonyl (C=S) groups is 1. The molecule has 0 unspecified atom stereocenters. The highest BCUT2D eigenvalue weighted by molar-refractivity contribution is 8.26. The summed E-state index contributed by atoms with van der Waals surface area (Å²) in [6, 6.07) is 9.28. The van der Waals surface area contributed by atoms with E-state index in [1.807, 2.05) is 30.3 Å². The van der Waals surface area contributed by atoms with Crippen molar-refractivity contribution in [3.05, 3.63) is 40.8 Å². The van der Waals surface area contributed by atoms with Crippen molar-refractivity contribution in [3.63, 3.8) is 0 Å². The average Bonchev–Trinajstić information content (AvgIpc) is 2.74. The zero-order chi connectivity index (χ0) is 16.1. The molecule has 0 aliphatic carbocycles. The third-order valence-electron chi connectivity index (χ3n) is 2.71. The van der Waals surface area contributed by atoms with Gasteiger partial charge in [0.25, 0.3) is 5.91 Å². The van der Waals surface area contributed by atoms with Crippen molar-refractivity contribution in [3.8, 4) is 0 Å². The molecular formula is C14H12N2O4S2. The molecule has 8 heteroatoms. The Morgan fingerprint density at radius 3 is 2.64 bits per heavy atom. The molecule has 0 bridgehead atoms. The van der Waals surface area contributed by atoms with Crippen molar-refractivity contribution >= 4 is 52.2 Å². The van der Waals surface area contributed by atoms with Gasteiger partial charge < -0.3 is 10.4 Å². The average molecular weight is 336 g/mol. The van der Waals surface area contributed by atoms with E-state index in [0.717, 1.165) is 22.2 Å². The fourth-order valence-electron chi connectivity index (χ4n) is 1.71. The largest absolute Gasteiger partial charge is 0.480 e. The number of carboxylic acid groups (broad SMARTS) is 1. The predicted octanol–water partition coefficient (Wildman–Crippen LogP) is 1.09. The number of rotatable bonds is 5. The fourth-order valence-corrected chi connectivity index (χ4v) is 2.97. The Bertz CT molecular complexity index is 658. The van der Waals surface area contributed by atoms with E-state index >= 15 is 0 Å². The monoisotopic (exact) mass is 336 g/mol. The van der Waals surface area contributed by atoms with Gasteiger partial charge in [0, 0.05) is 0 Å². The van der Waals surface area contributed by atoms with Crippen molar-refractivity contribution in [1.29, 1.82) is 0 Å². The van der Waals surface area contributed by atoms with Gasteiger partial charge in [0.15, 0.2) is 0 Å². The lowest BCUT2D eigenvalue weighted by molar-refractivity contribution is -0.138. The van der Waals surface area contributed by atoms with Gasteiger partial charge >= 0.3 is 5.97 Å². The van der Waals surface area contributed by atoms with Gasteiger partial charge in [0.1, 0.15) is 17.4 Å². The highest BCUT2D eigenvalue weighted by Gasteiger charge is 2.33. The number of carbonyl (C=O) groups is 3. The summed E-state index contributed by atoms with van der Waals surface area (Å²) < 4.78 is 0.276. The molecule has 2 N–H and O–H groups in total. The zero-order valence-corrected chi connectivity index (χ0v) is 12.9. The normalized spacial score (nSPS) is 16.2. The van der Waals surface area contributed by atoms with E-state index in [-0.39, 0.29) is 16.8 Å². The molecule has 0 spiro atoms. The summed E-state index contributed by atoms with van der Waals surface area (Å²) in [5.74, 6) is -2.08. The quantitative estimate of drug-likeness (QED) is 0.618. The third kappa shape index (κ3) is 4.15. The second-order valence-corrected chi connectivity index (χ2v) is 6.02. The molecule has 2 amide bonds. The maximum atomic E-state index is 12.2. The molecule has 1 aliphatic heterocycles. The van der Waals surface area contributed by atoms with Gasteiger partial charge in [-0.25, -0.2) is 0 Å². The van der Waals surface area contributed by atoms with Crippen molar-refractivity contribution in [2.24, 2.45) is 0 Å². The van der Waals surface area contributed by atoms with Crippen molar-refractivity contribution < 1.29 is 19.5 Å². The summed E-state index contributed by atoms with van der Waals surface area (Å²) in [5.41, 5.74) is 0.860. The number of amides is 2. The predicted molar refractivity (Wildman–Crippen MR) is 87.0 cm³/mol. The summed E-state index contributed by atoms with van der Waals surface area (Å²) >= 11 is 6.21. The van der Waals surface area contributed by atoms with Crippen LogP contribution in [0.1, 0.15) is 5.56 Å². The Kier molecular flexibility index (Phi) is 5.29. The molecule has 2 rings (SSSR count). The van der Waals surface area contributed by atoms with E-state index in [1.54, 1.807) is 6.08 Å². The highest BCUT2D eigenvalue weighted by Crippen LogP contribution is 2.32. The molecule has 114 valence electrons. The molecule has 1 saturated heterocycles. The van der Waals surface area contributed by atoms with Crippen LogP contribution in [0.2, 0.25) is 0 Å². The molecule has 0 atom stereocenters. The van der Waals surface area contributed by atoms with E-state index in [1.165, 1.54) is 0 Å². The summed E-state index contributed by atoms with van der Waals surface area (Å²) in [7, 11) is 0. The number of aliphatic carboxylic acids is 1. The number of carbonyl (C=O) groups excluding carboxylic acids is 2. The number of benzene rings is 1. The number of thioether (sulfide) groups is 1. The Labute approximate surface area is 136 Å². The second kappa shape index (κ2) is 7.19. The van der Waals surface area contributed by atoms with Gasteiger partial charge in [-0.1, -0.05) is 54.3 Å². The first kappa shape index (κ1) is 16.2. The first-order valence-electron chi connectivity index (χ1n) is 6.26. The molecule has 0 radical (unpaired) electrons. The Hall–Kier alpha value is -2.19. The SMILES string of the molecule is O=C(O)CNC(=O)CN1C(=O)C(=Cc2ccccc2)SC1=S. The van der Waals surface area contributed by atoms with E-state index in [4.69, 9.17) is 17.3 Å². The molecule has 0 saturated carbocycles. The molecule has 1 aromatic carbocycles. The van der Waals surface area contributed by atoms with Crippen LogP contribution in [0.15, 0.2) is 35.2 Å². The molecule has 1 aromatic rings. The third-order valence-corrected chi connectivity index (χ3v) is 4.09. The summed E-state index contributed by atoms with van der Waals surface area (Å²) in [6.45, 7) is -0.780. The lowest BCUT2D eigenvalue weighted by Gasteiger charge is -2.13. The van der Waals surface area contributed by atoms with Gasteiger partial charge in [0.05, 0.1) is 4.91 Å². The van der Waals surface area contributed by atoms with E-state index in [0.29, 0.717) is 4.91 Å². The van der Waals surface area contributed by atoms with Gasteiger partial charge in [-0.3, -0.25) is 19.3 Å². The number of carboxylic acids is 1. The smallest absolute Gasteiger partial charge is 0.322 e. The van der Waals surface area contributed by atoms with E-state index in [2.05, 4.69) is 5.32 Å². The first-order chi connectivity index (χ1) is 10.5. The number of hydrogen-bond donors (Lipinski definition) is 2. The summed E-state index contributed by atoms with van der Waals surface area (Å²) in [4.78, 5) is 35.8. The molecule has 1 heterocycles. The minimum atomic E-state index is -1.15. The van der Waals surface area contributed by atoms with E-state index in [9.17, 15) is 14.4 Å². The molecule has 1 fully saturated rings. The fraction of sp³-hybridized carbons (Fsp3) is 0.143. The lowest BCUT2D eigenvalue weighted by atomic mass is 10.2. The summed E-state index contributed by atoms with van der Waals surface area (Å²) in [6.07, 6.45) is 1.70. The standard InChI is InChI=1S/C14H12N2O4S2/c17-11(15-7-12(18)19)8-16-13(20)10(22-14(16)21)6-9-4-2-1-3-5-9/h1-6H,7-8H2,(H,15,17)(H,18,19). The van der Waals surface area contributed by atoms with Gasteiger partial charge in [-0.2, -0.15) is 0 Å². The zero-order valence-electron chi connectivity index (χ0n) is 11.3. The maximum Gasteiger partial charge on any atom is 0.322 e. The highest BCUT2D eigenvalue weighted by atomic mass is 32.2. The summed E-state index contributed by atoms with van der Waals surface area (Å²) in [5, 5.41) is 10.7. The molecule has 22 heavy (non-hydrogen) atoms. The Morgan fingerprint density at radius 2 is 2.00 bits per heavy atom. The molecule has 6 nitrogen and oxygen atoms in total. The number of nitrogens with zero attached hydrogens (tertiary/aromatic N) is 1. The maximum absolute atomic E-state index is 12.2. The van der Waals surface area contributed by atoms with Crippen molar-refractivity contribution in [1.82, 2.24) is 10.2 Å². The molecular weight excluding hydrogens is 324 g/mol. The molecule has 0 aromatic heterocycles. The van der Waals surface area contributed by atoms with Crippen molar-refractivity contribution in [2.45, 2.75) is 0 Å². The van der Waals surface area contributed by atoms with Crippen LogP contribution in [0.25, 0.3) is 6.08 Å². The van der Waals surface area contributed by atoms with Crippen LogP contribution in [-0.4, -0.2) is 45.2 Å². The van der Waals surface area contributed by atoms with Gasteiger partial charge in [-0.05, 0) is 11.6 Å². The second-order valence-electron chi connectivity index (χ2n) is 4.35. The van der Waals surface area contributed by atoms with Crippen LogP contribution in [0.3, 0.4) is 0 Å².